The largest absolute Gasteiger partial charge is 0.357 e. The molecule has 2 aromatic heterocycles. The van der Waals surface area contributed by atoms with E-state index in [1.54, 1.807) is 17.5 Å². The number of hydrogen-bond donors (Lipinski definition) is 3. The lowest BCUT2D eigenvalue weighted by Crippen LogP contribution is -2.43. The Morgan fingerprint density at radius 3 is 2.86 bits per heavy atom. The van der Waals surface area contributed by atoms with Crippen LogP contribution in [0, 0.1) is 0 Å². The lowest BCUT2D eigenvalue weighted by Gasteiger charge is -2.25. The number of aliphatic imine (C=N–C) groups is 1. The topological polar surface area (TPSA) is 65.1 Å². The van der Waals surface area contributed by atoms with Crippen molar-refractivity contribution in [2.45, 2.75) is 32.7 Å². The highest BCUT2D eigenvalue weighted by atomic mass is 32.1. The molecule has 5 nitrogen and oxygen atoms in total. The molecule has 0 aliphatic heterocycles. The summed E-state index contributed by atoms with van der Waals surface area (Å²) in [6, 6.07) is 6.21. The summed E-state index contributed by atoms with van der Waals surface area (Å²) in [6.45, 7) is 8.82. The van der Waals surface area contributed by atoms with Gasteiger partial charge in [-0.05, 0) is 24.4 Å². The van der Waals surface area contributed by atoms with E-state index in [1.165, 1.54) is 4.88 Å². The van der Waals surface area contributed by atoms with Crippen LogP contribution < -0.4 is 10.6 Å². The van der Waals surface area contributed by atoms with Gasteiger partial charge < -0.3 is 10.6 Å². The molecule has 0 unspecified atom stereocenters. The molecule has 2 rings (SSSR count). The highest BCUT2D eigenvalue weighted by molar-refractivity contribution is 7.10. The third-order valence-electron chi connectivity index (χ3n) is 3.20. The molecule has 0 saturated heterocycles. The van der Waals surface area contributed by atoms with E-state index < -0.39 is 0 Å². The summed E-state index contributed by atoms with van der Waals surface area (Å²) >= 11 is 1.79. The van der Waals surface area contributed by atoms with Gasteiger partial charge in [-0.3, -0.25) is 5.10 Å². The average molecular weight is 305 g/mol. The van der Waals surface area contributed by atoms with Crippen LogP contribution in [0.4, 0.5) is 0 Å². The SMILES string of the molecule is CCNC(=NCc1ccn[nH]1)NCC(C)(C)c1cccs1. The average Bonchev–Trinajstić information content (AvgIpc) is 3.14. The van der Waals surface area contributed by atoms with Crippen molar-refractivity contribution in [1.82, 2.24) is 20.8 Å². The van der Waals surface area contributed by atoms with Crippen molar-refractivity contribution < 1.29 is 0 Å². The summed E-state index contributed by atoms with van der Waals surface area (Å²) in [5.41, 5.74) is 1.09. The second-order valence-electron chi connectivity index (χ2n) is 5.49. The second-order valence-corrected chi connectivity index (χ2v) is 6.44. The molecule has 0 aromatic carbocycles. The van der Waals surface area contributed by atoms with Crippen molar-refractivity contribution in [1.29, 1.82) is 0 Å². The normalized spacial score (nSPS) is 12.4. The van der Waals surface area contributed by atoms with Gasteiger partial charge in [-0.25, -0.2) is 4.99 Å². The van der Waals surface area contributed by atoms with Gasteiger partial charge in [0.1, 0.15) is 0 Å². The van der Waals surface area contributed by atoms with Gasteiger partial charge in [0.05, 0.1) is 12.2 Å². The third kappa shape index (κ3) is 4.60. The first-order valence-electron chi connectivity index (χ1n) is 7.16. The summed E-state index contributed by atoms with van der Waals surface area (Å²) < 4.78 is 0. The van der Waals surface area contributed by atoms with E-state index in [1.807, 2.05) is 6.07 Å². The number of nitrogens with one attached hydrogen (secondary N) is 3. The van der Waals surface area contributed by atoms with Gasteiger partial charge in [-0.15, -0.1) is 11.3 Å². The summed E-state index contributed by atoms with van der Waals surface area (Å²) in [4.78, 5) is 5.94. The fraction of sp³-hybridized carbons (Fsp3) is 0.467. The molecule has 0 bridgehead atoms. The van der Waals surface area contributed by atoms with Crippen molar-refractivity contribution in [2.24, 2.45) is 4.99 Å². The number of aromatic amines is 1. The van der Waals surface area contributed by atoms with E-state index in [0.717, 1.165) is 24.7 Å². The maximum Gasteiger partial charge on any atom is 0.191 e. The molecule has 0 spiro atoms. The summed E-state index contributed by atoms with van der Waals surface area (Å²) in [7, 11) is 0. The van der Waals surface area contributed by atoms with Crippen LogP contribution in [-0.2, 0) is 12.0 Å². The monoisotopic (exact) mass is 305 g/mol. The Bertz CT molecular complexity index is 543. The molecule has 0 saturated carbocycles. The predicted octanol–water partition coefficient (Wildman–Crippen LogP) is 2.50. The van der Waals surface area contributed by atoms with Crippen LogP contribution >= 0.6 is 11.3 Å². The quantitative estimate of drug-likeness (QED) is 0.567. The number of rotatable bonds is 6. The predicted molar refractivity (Wildman–Crippen MR) is 88.8 cm³/mol. The van der Waals surface area contributed by atoms with Gasteiger partial charge in [-0.1, -0.05) is 19.9 Å². The van der Waals surface area contributed by atoms with Gasteiger partial charge in [0.2, 0.25) is 0 Å². The maximum absolute atomic E-state index is 4.57. The molecule has 0 atom stereocenters. The lowest BCUT2D eigenvalue weighted by atomic mass is 9.91. The molecule has 0 fully saturated rings. The number of thiophene rings is 1. The van der Waals surface area contributed by atoms with Crippen molar-refractivity contribution in [2.75, 3.05) is 13.1 Å². The Labute approximate surface area is 129 Å². The zero-order valence-corrected chi connectivity index (χ0v) is 13.6. The molecule has 2 aromatic rings. The van der Waals surface area contributed by atoms with E-state index in [4.69, 9.17) is 0 Å². The molecule has 0 amide bonds. The summed E-state index contributed by atoms with van der Waals surface area (Å²) in [5.74, 6) is 0.830. The maximum atomic E-state index is 4.57. The molecule has 2 heterocycles. The van der Waals surface area contributed by atoms with Crippen LogP contribution in [0.15, 0.2) is 34.8 Å². The van der Waals surface area contributed by atoms with Crippen molar-refractivity contribution in [3.63, 3.8) is 0 Å². The fourth-order valence-corrected chi connectivity index (χ4v) is 2.79. The van der Waals surface area contributed by atoms with Crippen molar-refractivity contribution in [3.8, 4) is 0 Å². The van der Waals surface area contributed by atoms with Gasteiger partial charge in [-0.2, -0.15) is 5.10 Å². The van der Waals surface area contributed by atoms with Crippen LogP contribution in [0.1, 0.15) is 31.3 Å². The van der Waals surface area contributed by atoms with E-state index in [-0.39, 0.29) is 5.41 Å². The van der Waals surface area contributed by atoms with Crippen LogP contribution in [0.2, 0.25) is 0 Å². The molecule has 3 N–H and O–H groups in total. The number of H-pyrrole nitrogens is 1. The van der Waals surface area contributed by atoms with Gasteiger partial charge in [0, 0.05) is 29.6 Å². The number of aromatic nitrogens is 2. The zero-order valence-electron chi connectivity index (χ0n) is 12.8. The molecule has 0 aliphatic rings. The van der Waals surface area contributed by atoms with E-state index in [0.29, 0.717) is 6.54 Å². The highest BCUT2D eigenvalue weighted by Crippen LogP contribution is 2.26. The van der Waals surface area contributed by atoms with Gasteiger partial charge >= 0.3 is 0 Å². The first-order chi connectivity index (χ1) is 10.1. The van der Waals surface area contributed by atoms with Crippen molar-refractivity contribution in [3.05, 3.63) is 40.3 Å². The Morgan fingerprint density at radius 1 is 1.38 bits per heavy atom. The highest BCUT2D eigenvalue weighted by Gasteiger charge is 2.21. The standard InChI is InChI=1S/C15H23N5S/c1-4-16-14(17-10-12-7-8-19-20-12)18-11-15(2,3)13-6-5-9-21-13/h5-9H,4,10-11H2,1-3H3,(H,19,20)(H2,16,17,18). The van der Waals surface area contributed by atoms with Crippen LogP contribution in [-0.4, -0.2) is 29.2 Å². The molecule has 6 heteroatoms. The lowest BCUT2D eigenvalue weighted by molar-refractivity contribution is 0.518. The smallest absolute Gasteiger partial charge is 0.191 e. The van der Waals surface area contributed by atoms with E-state index >= 15 is 0 Å². The van der Waals surface area contributed by atoms with Gasteiger partial charge in [0.15, 0.2) is 5.96 Å². The summed E-state index contributed by atoms with van der Waals surface area (Å²) in [6.07, 6.45) is 1.74. The molecule has 0 radical (unpaired) electrons. The van der Waals surface area contributed by atoms with Gasteiger partial charge in [0.25, 0.3) is 0 Å². The summed E-state index contributed by atoms with van der Waals surface area (Å²) in [5, 5.41) is 15.7. The Hall–Kier alpha value is -1.82. The Balaban J connectivity index is 1.95. The number of nitrogens with zero attached hydrogens (tertiary/aromatic N) is 2. The van der Waals surface area contributed by atoms with Crippen LogP contribution in [0.5, 0.6) is 0 Å². The number of hydrogen-bond acceptors (Lipinski definition) is 3. The molecule has 0 aliphatic carbocycles. The van der Waals surface area contributed by atoms with E-state index in [2.05, 4.69) is 64.1 Å². The molecule has 114 valence electrons. The minimum absolute atomic E-state index is 0.0817. The minimum Gasteiger partial charge on any atom is -0.357 e. The number of guanidine groups is 1. The Morgan fingerprint density at radius 2 is 2.24 bits per heavy atom. The van der Waals surface area contributed by atoms with Crippen molar-refractivity contribution >= 4 is 17.3 Å². The zero-order chi connectivity index (χ0) is 15.1. The van der Waals surface area contributed by atoms with Crippen LogP contribution in [0.3, 0.4) is 0 Å². The Kier molecular flexibility index (Phi) is 5.38. The first-order valence-corrected chi connectivity index (χ1v) is 8.04. The molecular weight excluding hydrogens is 282 g/mol. The molecular formula is C15H23N5S. The van der Waals surface area contributed by atoms with E-state index in [9.17, 15) is 0 Å². The minimum atomic E-state index is 0.0817. The third-order valence-corrected chi connectivity index (χ3v) is 4.43. The van der Waals surface area contributed by atoms with Crippen LogP contribution in [0.25, 0.3) is 0 Å². The first kappa shape index (κ1) is 15.6. The fourth-order valence-electron chi connectivity index (χ4n) is 1.93. The second kappa shape index (κ2) is 7.26. The molecule has 21 heavy (non-hydrogen) atoms.